The van der Waals surface area contributed by atoms with Crippen LogP contribution in [-0.2, 0) is 6.54 Å². The van der Waals surface area contributed by atoms with Crippen LogP contribution < -0.4 is 10.6 Å². The molecule has 1 saturated carbocycles. The molecule has 1 aliphatic carbocycles. The Morgan fingerprint density at radius 3 is 2.52 bits per heavy atom. The Hall–Kier alpha value is -0.830. The molecule has 0 spiro atoms. The van der Waals surface area contributed by atoms with Crippen molar-refractivity contribution < 1.29 is 4.52 Å². The highest BCUT2D eigenvalue weighted by molar-refractivity contribution is 14.0. The van der Waals surface area contributed by atoms with Gasteiger partial charge in [-0.3, -0.25) is 9.89 Å². The number of aromatic nitrogens is 1. The van der Waals surface area contributed by atoms with Crippen molar-refractivity contribution in [3.05, 3.63) is 18.0 Å². The van der Waals surface area contributed by atoms with Gasteiger partial charge in [-0.05, 0) is 38.8 Å². The second-order valence-corrected chi connectivity index (χ2v) is 7.10. The molecule has 2 heterocycles. The maximum Gasteiger partial charge on any atom is 0.191 e. The van der Waals surface area contributed by atoms with Crippen molar-refractivity contribution in [3.63, 3.8) is 0 Å². The van der Waals surface area contributed by atoms with Gasteiger partial charge in [0.25, 0.3) is 0 Å². The normalized spacial score (nSPS) is 21.4. The molecule has 1 aromatic heterocycles. The molecule has 2 fully saturated rings. The number of nitrogens with zero attached hydrogens (tertiary/aromatic N) is 3. The van der Waals surface area contributed by atoms with Gasteiger partial charge in [0.1, 0.15) is 12.0 Å². The molecule has 142 valence electrons. The van der Waals surface area contributed by atoms with Gasteiger partial charge in [0.05, 0.1) is 6.54 Å². The van der Waals surface area contributed by atoms with Crippen molar-refractivity contribution in [3.8, 4) is 0 Å². The van der Waals surface area contributed by atoms with Crippen LogP contribution in [0.2, 0.25) is 0 Å². The van der Waals surface area contributed by atoms with Crippen LogP contribution in [0.5, 0.6) is 0 Å². The van der Waals surface area contributed by atoms with Gasteiger partial charge in [0, 0.05) is 25.2 Å². The fraction of sp³-hybridized carbons (Fsp3) is 0.778. The van der Waals surface area contributed by atoms with Crippen molar-refractivity contribution in [2.75, 3.05) is 26.7 Å². The minimum absolute atomic E-state index is 0. The van der Waals surface area contributed by atoms with Crippen LogP contribution in [0.25, 0.3) is 0 Å². The lowest BCUT2D eigenvalue weighted by Gasteiger charge is -2.48. The van der Waals surface area contributed by atoms with Crippen LogP contribution in [0, 0.1) is 0 Å². The van der Waals surface area contributed by atoms with Gasteiger partial charge >= 0.3 is 0 Å². The van der Waals surface area contributed by atoms with Crippen molar-refractivity contribution >= 4 is 29.9 Å². The molecule has 2 N–H and O–H groups in total. The lowest BCUT2D eigenvalue weighted by molar-refractivity contribution is 0.0368. The molecule has 3 rings (SSSR count). The molecule has 1 saturated heterocycles. The first-order chi connectivity index (χ1) is 11.8. The topological polar surface area (TPSA) is 65.7 Å². The fourth-order valence-electron chi connectivity index (χ4n) is 4.15. The Bertz CT molecular complexity index is 508. The van der Waals surface area contributed by atoms with Gasteiger partial charge in [0.2, 0.25) is 0 Å². The Kier molecular flexibility index (Phi) is 8.48. The smallest absolute Gasteiger partial charge is 0.191 e. The molecule has 2 aliphatic rings. The number of rotatable bonds is 5. The quantitative estimate of drug-likeness (QED) is 0.401. The molecule has 0 radical (unpaired) electrons. The lowest BCUT2D eigenvalue weighted by Crippen LogP contribution is -2.59. The van der Waals surface area contributed by atoms with E-state index in [0.717, 1.165) is 18.2 Å². The maximum absolute atomic E-state index is 4.87. The summed E-state index contributed by atoms with van der Waals surface area (Å²) in [7, 11) is 1.83. The number of likely N-dealkylation sites (tertiary alicyclic amines) is 1. The summed E-state index contributed by atoms with van der Waals surface area (Å²) in [4.78, 5) is 7.12. The van der Waals surface area contributed by atoms with E-state index in [2.05, 4.69) is 25.7 Å². The summed E-state index contributed by atoms with van der Waals surface area (Å²) in [6, 6.07) is 1.87. The zero-order chi connectivity index (χ0) is 16.7. The third kappa shape index (κ3) is 5.57. The zero-order valence-corrected chi connectivity index (χ0v) is 17.6. The van der Waals surface area contributed by atoms with E-state index in [1.807, 2.05) is 13.1 Å². The van der Waals surface area contributed by atoms with Crippen LogP contribution in [0.15, 0.2) is 21.8 Å². The van der Waals surface area contributed by atoms with Crippen molar-refractivity contribution in [1.29, 1.82) is 0 Å². The molecule has 0 bridgehead atoms. The zero-order valence-electron chi connectivity index (χ0n) is 15.3. The highest BCUT2D eigenvalue weighted by Crippen LogP contribution is 2.35. The monoisotopic (exact) mass is 461 g/mol. The first-order valence-electron chi connectivity index (χ1n) is 9.41. The van der Waals surface area contributed by atoms with E-state index >= 15 is 0 Å². The van der Waals surface area contributed by atoms with Gasteiger partial charge in [-0.25, -0.2) is 0 Å². The number of guanidine groups is 1. The molecular weight excluding hydrogens is 429 g/mol. The summed E-state index contributed by atoms with van der Waals surface area (Å²) in [6.07, 6.45) is 12.4. The van der Waals surface area contributed by atoms with Crippen LogP contribution in [0.1, 0.15) is 57.1 Å². The first-order valence-corrected chi connectivity index (χ1v) is 9.41. The third-order valence-electron chi connectivity index (χ3n) is 5.55. The summed E-state index contributed by atoms with van der Waals surface area (Å²) in [5.74, 6) is 0.847. The molecule has 1 aromatic rings. The highest BCUT2D eigenvalue weighted by Gasteiger charge is 2.38. The summed E-state index contributed by atoms with van der Waals surface area (Å²) in [5.41, 5.74) is 1.20. The predicted octanol–water partition coefficient (Wildman–Crippen LogP) is 3.15. The summed E-state index contributed by atoms with van der Waals surface area (Å²) < 4.78 is 4.87. The predicted molar refractivity (Wildman–Crippen MR) is 111 cm³/mol. The molecular formula is C18H32IN5O. The van der Waals surface area contributed by atoms with Crippen molar-refractivity contribution in [2.45, 2.75) is 63.5 Å². The second kappa shape index (κ2) is 10.4. The standard InChI is InChI=1S/C18H31N5O.HI/c1-19-17(20-14-16-8-13-24-22-16)21-15-18(9-4-2-5-10-18)23-11-6-3-7-12-23;/h8,13H,2-7,9-12,14-15H2,1H3,(H2,19,20,21);1H. The molecule has 25 heavy (non-hydrogen) atoms. The van der Waals surface area contributed by atoms with Gasteiger partial charge < -0.3 is 15.2 Å². The number of hydrogen-bond acceptors (Lipinski definition) is 4. The van der Waals surface area contributed by atoms with Gasteiger partial charge in [-0.1, -0.05) is 30.8 Å². The largest absolute Gasteiger partial charge is 0.364 e. The maximum atomic E-state index is 4.87. The Morgan fingerprint density at radius 2 is 1.88 bits per heavy atom. The van der Waals surface area contributed by atoms with E-state index in [-0.39, 0.29) is 24.0 Å². The molecule has 0 amide bonds. The third-order valence-corrected chi connectivity index (χ3v) is 5.55. The SMILES string of the molecule is CN=C(NCc1ccon1)NCC1(N2CCCCC2)CCCCC1.I. The Labute approximate surface area is 168 Å². The average molecular weight is 461 g/mol. The van der Waals surface area contributed by atoms with Crippen molar-refractivity contribution in [2.24, 2.45) is 4.99 Å². The summed E-state index contributed by atoms with van der Waals surface area (Å²) >= 11 is 0. The highest BCUT2D eigenvalue weighted by atomic mass is 127. The number of aliphatic imine (C=N–C) groups is 1. The van der Waals surface area contributed by atoms with E-state index < -0.39 is 0 Å². The van der Waals surface area contributed by atoms with Crippen molar-refractivity contribution in [1.82, 2.24) is 20.7 Å². The Balaban J connectivity index is 0.00000225. The number of nitrogens with one attached hydrogen (secondary N) is 2. The number of piperidine rings is 1. The molecule has 0 atom stereocenters. The van der Waals surface area contributed by atoms with E-state index in [1.165, 1.54) is 64.5 Å². The van der Waals surface area contributed by atoms with Crippen LogP contribution in [-0.4, -0.2) is 48.2 Å². The van der Waals surface area contributed by atoms with Crippen LogP contribution in [0.4, 0.5) is 0 Å². The van der Waals surface area contributed by atoms with E-state index in [1.54, 1.807) is 6.26 Å². The number of hydrogen-bond donors (Lipinski definition) is 2. The molecule has 6 nitrogen and oxygen atoms in total. The minimum Gasteiger partial charge on any atom is -0.364 e. The second-order valence-electron chi connectivity index (χ2n) is 7.10. The van der Waals surface area contributed by atoms with Gasteiger partial charge in [-0.15, -0.1) is 24.0 Å². The molecule has 0 unspecified atom stereocenters. The first kappa shape index (κ1) is 20.5. The van der Waals surface area contributed by atoms with Gasteiger partial charge in [-0.2, -0.15) is 0 Å². The Morgan fingerprint density at radius 1 is 1.16 bits per heavy atom. The molecule has 0 aromatic carbocycles. The van der Waals surface area contributed by atoms with Gasteiger partial charge in [0.15, 0.2) is 5.96 Å². The summed E-state index contributed by atoms with van der Waals surface area (Å²) in [6.45, 7) is 4.12. The van der Waals surface area contributed by atoms with E-state index in [9.17, 15) is 0 Å². The minimum atomic E-state index is 0. The molecule has 1 aliphatic heterocycles. The van der Waals surface area contributed by atoms with E-state index in [0.29, 0.717) is 12.1 Å². The average Bonchev–Trinajstić information content (AvgIpc) is 3.17. The summed E-state index contributed by atoms with van der Waals surface area (Å²) in [5, 5.41) is 10.8. The molecule has 7 heteroatoms. The fourth-order valence-corrected chi connectivity index (χ4v) is 4.15. The van der Waals surface area contributed by atoms with Crippen LogP contribution in [0.3, 0.4) is 0 Å². The lowest BCUT2D eigenvalue weighted by atomic mass is 9.79. The number of halogens is 1. The van der Waals surface area contributed by atoms with E-state index in [4.69, 9.17) is 4.52 Å². The van der Waals surface area contributed by atoms with Crippen LogP contribution >= 0.6 is 24.0 Å².